The number of nitrogens with one attached hydrogen (secondary N) is 1. The zero-order valence-corrected chi connectivity index (χ0v) is 20.9. The van der Waals surface area contributed by atoms with Crippen molar-refractivity contribution in [3.05, 3.63) is 61.4 Å². The Hall–Kier alpha value is -3.87. The van der Waals surface area contributed by atoms with Crippen molar-refractivity contribution in [2.24, 2.45) is 0 Å². The highest BCUT2D eigenvalue weighted by molar-refractivity contribution is 5.95. The number of hydrogen-bond acceptors (Lipinski definition) is 10. The maximum Gasteiger partial charge on any atom is 0.343 e. The molecule has 0 unspecified atom stereocenters. The highest BCUT2D eigenvalue weighted by Gasteiger charge is 2.45. The summed E-state index contributed by atoms with van der Waals surface area (Å²) in [4.78, 5) is 44.2. The van der Waals surface area contributed by atoms with Gasteiger partial charge >= 0.3 is 5.97 Å². The van der Waals surface area contributed by atoms with Crippen molar-refractivity contribution in [1.82, 2.24) is 14.5 Å². The molecule has 2 aromatic heterocycles. The lowest BCUT2D eigenvalue weighted by Crippen LogP contribution is -2.44. The van der Waals surface area contributed by atoms with Crippen LogP contribution in [-0.2, 0) is 33.0 Å². The Morgan fingerprint density at radius 1 is 1.21 bits per heavy atom. The number of esters is 1. The Morgan fingerprint density at radius 2 is 2.00 bits per heavy atom. The molecule has 38 heavy (non-hydrogen) atoms. The van der Waals surface area contributed by atoms with Gasteiger partial charge in [0.25, 0.3) is 11.2 Å². The van der Waals surface area contributed by atoms with Crippen molar-refractivity contribution >= 4 is 28.2 Å². The van der Waals surface area contributed by atoms with Crippen molar-refractivity contribution in [2.45, 2.75) is 32.1 Å². The number of fused-ring (bicyclic) bond motifs is 5. The predicted molar refractivity (Wildman–Crippen MR) is 137 cm³/mol. The van der Waals surface area contributed by atoms with Gasteiger partial charge in [-0.1, -0.05) is 6.92 Å². The molecule has 0 spiro atoms. The van der Waals surface area contributed by atoms with Gasteiger partial charge in [-0.2, -0.15) is 0 Å². The molecule has 1 aromatic carbocycles. The number of nitro groups is 1. The van der Waals surface area contributed by atoms with Crippen LogP contribution in [-0.4, -0.2) is 69.8 Å². The molecule has 1 fully saturated rings. The molecule has 3 aliphatic heterocycles. The summed E-state index contributed by atoms with van der Waals surface area (Å²) >= 11 is 0. The second-order valence-corrected chi connectivity index (χ2v) is 9.80. The molecule has 3 aromatic rings. The molecule has 6 rings (SSSR count). The second-order valence-electron chi connectivity index (χ2n) is 9.80. The fourth-order valence-electron chi connectivity index (χ4n) is 5.49. The number of aromatic nitrogens is 2. The third kappa shape index (κ3) is 3.83. The van der Waals surface area contributed by atoms with Crippen molar-refractivity contribution in [2.75, 3.05) is 44.7 Å². The number of ether oxygens (including phenoxy) is 2. The SMILES string of the molecule is CC[C@@]1(O)C(=O)OCc2c1cc1n(c2=O)Cc2cc3cc([N+](=O)[O-])cc(NCCN4CCOCC4)c3nc2-1. The fraction of sp³-hybridized carbons (Fsp3) is 0.423. The number of anilines is 1. The first-order valence-corrected chi connectivity index (χ1v) is 12.6. The van der Waals surface area contributed by atoms with E-state index in [4.69, 9.17) is 14.5 Å². The number of nitro benzene ring substituents is 1. The first-order valence-electron chi connectivity index (χ1n) is 12.6. The molecule has 0 amide bonds. The Labute approximate surface area is 216 Å². The highest BCUT2D eigenvalue weighted by atomic mass is 16.6. The van der Waals surface area contributed by atoms with Crippen LogP contribution in [0, 0.1) is 10.1 Å². The van der Waals surface area contributed by atoms with E-state index in [0.29, 0.717) is 47.7 Å². The minimum atomic E-state index is -1.91. The van der Waals surface area contributed by atoms with Gasteiger partial charge in [-0.05, 0) is 18.6 Å². The molecule has 12 nitrogen and oxygen atoms in total. The molecular weight excluding hydrogens is 494 g/mol. The molecular formula is C26H27N5O7. The third-order valence-corrected chi connectivity index (χ3v) is 7.65. The average Bonchev–Trinajstić information content (AvgIpc) is 3.28. The number of nitrogens with zero attached hydrogens (tertiary/aromatic N) is 4. The van der Waals surface area contributed by atoms with Gasteiger partial charge in [-0.3, -0.25) is 19.8 Å². The normalized spacial score (nSPS) is 20.5. The van der Waals surface area contributed by atoms with Gasteiger partial charge in [0.2, 0.25) is 0 Å². The summed E-state index contributed by atoms with van der Waals surface area (Å²) in [5.41, 5.74) is 1.00. The van der Waals surface area contributed by atoms with Gasteiger partial charge in [-0.25, -0.2) is 9.78 Å². The molecule has 1 atom stereocenters. The monoisotopic (exact) mass is 521 g/mol. The number of morpholine rings is 1. The Morgan fingerprint density at radius 3 is 2.74 bits per heavy atom. The van der Waals surface area contributed by atoms with E-state index in [-0.39, 0.29) is 41.9 Å². The summed E-state index contributed by atoms with van der Waals surface area (Å²) in [6, 6.07) is 6.43. The van der Waals surface area contributed by atoms with Gasteiger partial charge < -0.3 is 24.5 Å². The van der Waals surface area contributed by atoms with Crippen molar-refractivity contribution in [3.8, 4) is 11.4 Å². The fourth-order valence-corrected chi connectivity index (χ4v) is 5.49. The van der Waals surface area contributed by atoms with Crippen molar-refractivity contribution in [1.29, 1.82) is 0 Å². The summed E-state index contributed by atoms with van der Waals surface area (Å²) in [6.45, 7) is 6.00. The molecule has 1 saturated heterocycles. The maximum atomic E-state index is 13.4. The number of non-ortho nitro benzene ring substituents is 1. The third-order valence-electron chi connectivity index (χ3n) is 7.65. The van der Waals surface area contributed by atoms with E-state index >= 15 is 0 Å². The minimum Gasteiger partial charge on any atom is -0.458 e. The van der Waals surface area contributed by atoms with Crippen molar-refractivity contribution in [3.63, 3.8) is 0 Å². The molecule has 0 aliphatic carbocycles. The number of cyclic esters (lactones) is 1. The van der Waals surface area contributed by atoms with E-state index < -0.39 is 16.5 Å². The summed E-state index contributed by atoms with van der Waals surface area (Å²) in [6.07, 6.45) is 0.0562. The topological polar surface area (TPSA) is 149 Å². The van der Waals surface area contributed by atoms with Crippen LogP contribution in [0.5, 0.6) is 0 Å². The summed E-state index contributed by atoms with van der Waals surface area (Å²) < 4.78 is 12.1. The molecule has 0 radical (unpaired) electrons. The van der Waals surface area contributed by atoms with Crippen LogP contribution in [0.1, 0.15) is 30.0 Å². The average molecular weight is 522 g/mol. The van der Waals surface area contributed by atoms with Crippen LogP contribution in [0.4, 0.5) is 11.4 Å². The van der Waals surface area contributed by atoms with Gasteiger partial charge in [0.05, 0.1) is 52.8 Å². The molecule has 5 heterocycles. The van der Waals surface area contributed by atoms with Gasteiger partial charge in [0.15, 0.2) is 5.60 Å². The van der Waals surface area contributed by atoms with Crippen LogP contribution < -0.4 is 10.9 Å². The standard InChI is InChI=1S/C26H27N5O7/c1-2-26(34)19-12-21-23-16(13-30(21)24(32)18(19)14-38-25(26)33)9-15-10-17(31(35)36)11-20(22(15)28-23)27-3-4-29-5-7-37-8-6-29/h9-12,27,34H,2-8,13-14H2,1H3/t26-/m0/s1. The Balaban J connectivity index is 1.44. The summed E-state index contributed by atoms with van der Waals surface area (Å²) in [7, 11) is 0. The number of rotatable bonds is 6. The van der Waals surface area contributed by atoms with E-state index in [0.717, 1.165) is 25.2 Å². The Bertz CT molecular complexity index is 1550. The summed E-state index contributed by atoms with van der Waals surface area (Å²) in [5, 5.41) is 26.6. The number of carbonyl (C=O) groups excluding carboxylic acids is 1. The number of hydrogen-bond donors (Lipinski definition) is 2. The van der Waals surface area contributed by atoms with E-state index in [1.807, 2.05) is 6.07 Å². The number of benzene rings is 1. The maximum absolute atomic E-state index is 13.4. The number of pyridine rings is 2. The van der Waals surface area contributed by atoms with Gasteiger partial charge in [0.1, 0.15) is 6.61 Å². The van der Waals surface area contributed by atoms with E-state index in [2.05, 4.69) is 10.2 Å². The number of aliphatic hydroxyl groups is 1. The molecule has 2 N–H and O–H groups in total. The van der Waals surface area contributed by atoms with E-state index in [9.17, 15) is 24.8 Å². The molecule has 0 bridgehead atoms. The highest BCUT2D eigenvalue weighted by Crippen LogP contribution is 2.40. The summed E-state index contributed by atoms with van der Waals surface area (Å²) in [5.74, 6) is -0.777. The lowest BCUT2D eigenvalue weighted by Gasteiger charge is -2.31. The quantitative estimate of drug-likeness (QED) is 0.218. The molecule has 3 aliphatic rings. The van der Waals surface area contributed by atoms with E-state index in [1.54, 1.807) is 17.6 Å². The van der Waals surface area contributed by atoms with Crippen LogP contribution in [0.2, 0.25) is 0 Å². The number of carbonyl (C=O) groups is 1. The lowest BCUT2D eigenvalue weighted by molar-refractivity contribution is -0.384. The van der Waals surface area contributed by atoms with Crippen LogP contribution in [0.15, 0.2) is 29.1 Å². The smallest absolute Gasteiger partial charge is 0.343 e. The zero-order valence-electron chi connectivity index (χ0n) is 20.9. The predicted octanol–water partition coefficient (Wildman–Crippen LogP) is 1.73. The largest absolute Gasteiger partial charge is 0.458 e. The molecule has 198 valence electrons. The van der Waals surface area contributed by atoms with Crippen molar-refractivity contribution < 1.29 is 24.3 Å². The second kappa shape index (κ2) is 9.15. The minimum absolute atomic E-state index is 0.0556. The van der Waals surface area contributed by atoms with Crippen LogP contribution >= 0.6 is 0 Å². The molecule has 12 heteroatoms. The first-order chi connectivity index (χ1) is 18.3. The van der Waals surface area contributed by atoms with Gasteiger partial charge in [0, 0.05) is 54.8 Å². The molecule has 0 saturated carbocycles. The van der Waals surface area contributed by atoms with Crippen LogP contribution in [0.3, 0.4) is 0 Å². The zero-order chi connectivity index (χ0) is 26.6. The van der Waals surface area contributed by atoms with E-state index in [1.165, 1.54) is 12.1 Å². The first kappa shape index (κ1) is 24.5. The lowest BCUT2D eigenvalue weighted by atomic mass is 9.86. The Kier molecular flexibility index (Phi) is 5.89. The van der Waals surface area contributed by atoms with Gasteiger partial charge in [-0.15, -0.1) is 0 Å². The van der Waals surface area contributed by atoms with Crippen LogP contribution in [0.25, 0.3) is 22.3 Å².